The SMILES string of the molecule is CN(Cc1cccc(C#N)c1)c1ccnc(F)c1. The summed E-state index contributed by atoms with van der Waals surface area (Å²) in [5.41, 5.74) is 2.39. The molecule has 4 heteroatoms. The number of pyridine rings is 1. The maximum atomic E-state index is 13.0. The predicted octanol–water partition coefficient (Wildman–Crippen LogP) is 2.73. The second kappa shape index (κ2) is 5.28. The summed E-state index contributed by atoms with van der Waals surface area (Å²) in [5, 5.41) is 8.83. The second-order valence-corrected chi connectivity index (χ2v) is 4.01. The van der Waals surface area contributed by atoms with Crippen LogP contribution in [0.1, 0.15) is 11.1 Å². The molecule has 0 atom stereocenters. The normalized spacial score (nSPS) is 9.83. The molecule has 0 spiro atoms. The fourth-order valence-electron chi connectivity index (χ4n) is 1.73. The van der Waals surface area contributed by atoms with Crippen LogP contribution >= 0.6 is 0 Å². The Morgan fingerprint density at radius 1 is 1.33 bits per heavy atom. The first-order valence-corrected chi connectivity index (χ1v) is 5.51. The van der Waals surface area contributed by atoms with E-state index >= 15 is 0 Å². The molecule has 0 aliphatic carbocycles. The van der Waals surface area contributed by atoms with E-state index in [4.69, 9.17) is 5.26 Å². The summed E-state index contributed by atoms with van der Waals surface area (Å²) in [6.45, 7) is 0.610. The Bertz CT molecular complexity index is 590. The zero-order chi connectivity index (χ0) is 13.0. The lowest BCUT2D eigenvalue weighted by atomic mass is 10.1. The monoisotopic (exact) mass is 241 g/mol. The highest BCUT2D eigenvalue weighted by molar-refractivity contribution is 5.45. The highest BCUT2D eigenvalue weighted by Gasteiger charge is 2.04. The summed E-state index contributed by atoms with van der Waals surface area (Å²) >= 11 is 0. The molecule has 0 saturated carbocycles. The van der Waals surface area contributed by atoms with Crippen molar-refractivity contribution >= 4 is 5.69 Å². The Kier molecular flexibility index (Phi) is 3.54. The smallest absolute Gasteiger partial charge is 0.214 e. The largest absolute Gasteiger partial charge is 0.370 e. The Hall–Kier alpha value is -2.41. The van der Waals surface area contributed by atoms with Crippen molar-refractivity contribution in [2.45, 2.75) is 6.54 Å². The minimum atomic E-state index is -0.495. The molecule has 2 rings (SSSR count). The third kappa shape index (κ3) is 2.83. The second-order valence-electron chi connectivity index (χ2n) is 4.01. The molecule has 0 fully saturated rings. The first-order chi connectivity index (χ1) is 8.69. The number of hydrogen-bond donors (Lipinski definition) is 0. The molecule has 0 amide bonds. The van der Waals surface area contributed by atoms with Crippen LogP contribution in [0, 0.1) is 17.3 Å². The molecule has 0 N–H and O–H groups in total. The lowest BCUT2D eigenvalue weighted by Crippen LogP contribution is -2.16. The Balaban J connectivity index is 2.16. The maximum absolute atomic E-state index is 13.0. The van der Waals surface area contributed by atoms with Crippen molar-refractivity contribution in [2.24, 2.45) is 0 Å². The van der Waals surface area contributed by atoms with Crippen molar-refractivity contribution in [3.63, 3.8) is 0 Å². The first-order valence-electron chi connectivity index (χ1n) is 5.51. The van der Waals surface area contributed by atoms with Crippen LogP contribution in [-0.4, -0.2) is 12.0 Å². The van der Waals surface area contributed by atoms with E-state index in [2.05, 4.69) is 11.1 Å². The van der Waals surface area contributed by atoms with E-state index in [0.29, 0.717) is 12.1 Å². The van der Waals surface area contributed by atoms with Crippen molar-refractivity contribution in [2.75, 3.05) is 11.9 Å². The van der Waals surface area contributed by atoms with Gasteiger partial charge in [0, 0.05) is 31.5 Å². The zero-order valence-corrected chi connectivity index (χ0v) is 9.97. The highest BCUT2D eigenvalue weighted by Crippen LogP contribution is 2.15. The molecule has 0 radical (unpaired) electrons. The molecule has 0 unspecified atom stereocenters. The number of hydrogen-bond acceptors (Lipinski definition) is 3. The summed E-state index contributed by atoms with van der Waals surface area (Å²) in [6.07, 6.45) is 1.44. The van der Waals surface area contributed by atoms with E-state index < -0.39 is 5.95 Å². The van der Waals surface area contributed by atoms with E-state index in [1.54, 1.807) is 12.1 Å². The lowest BCUT2D eigenvalue weighted by Gasteiger charge is -2.19. The first kappa shape index (κ1) is 12.1. The van der Waals surface area contributed by atoms with Crippen molar-refractivity contribution in [1.82, 2.24) is 4.98 Å². The number of aromatic nitrogens is 1. The minimum absolute atomic E-state index is 0.495. The van der Waals surface area contributed by atoms with Crippen LogP contribution in [0.3, 0.4) is 0 Å². The molecule has 0 saturated heterocycles. The molecule has 0 aliphatic rings. The van der Waals surface area contributed by atoms with Crippen LogP contribution in [-0.2, 0) is 6.54 Å². The summed E-state index contributed by atoms with van der Waals surface area (Å²) in [5.74, 6) is -0.495. The van der Waals surface area contributed by atoms with Crippen LogP contribution in [0.4, 0.5) is 10.1 Å². The van der Waals surface area contributed by atoms with Crippen molar-refractivity contribution in [3.05, 3.63) is 59.7 Å². The molecule has 3 nitrogen and oxygen atoms in total. The highest BCUT2D eigenvalue weighted by atomic mass is 19.1. The third-order valence-corrected chi connectivity index (χ3v) is 2.63. The van der Waals surface area contributed by atoms with Gasteiger partial charge in [-0.25, -0.2) is 4.98 Å². The fourth-order valence-corrected chi connectivity index (χ4v) is 1.73. The van der Waals surface area contributed by atoms with Gasteiger partial charge in [-0.15, -0.1) is 0 Å². The number of rotatable bonds is 3. The minimum Gasteiger partial charge on any atom is -0.370 e. The summed E-state index contributed by atoms with van der Waals surface area (Å²) < 4.78 is 13.0. The van der Waals surface area contributed by atoms with Gasteiger partial charge < -0.3 is 4.90 Å². The molecular weight excluding hydrogens is 229 g/mol. The van der Waals surface area contributed by atoms with E-state index in [1.807, 2.05) is 30.1 Å². The van der Waals surface area contributed by atoms with Gasteiger partial charge in [0.15, 0.2) is 0 Å². The number of nitrogens with zero attached hydrogens (tertiary/aromatic N) is 3. The molecule has 0 aliphatic heterocycles. The zero-order valence-electron chi connectivity index (χ0n) is 9.97. The standard InChI is InChI=1S/C14H12FN3/c1-18(13-5-6-17-14(15)8-13)10-12-4-2-3-11(7-12)9-16/h2-8H,10H2,1H3. The van der Waals surface area contributed by atoms with Gasteiger partial charge in [-0.2, -0.15) is 9.65 Å². The number of benzene rings is 1. The van der Waals surface area contributed by atoms with Crippen molar-refractivity contribution in [1.29, 1.82) is 5.26 Å². The molecule has 0 bridgehead atoms. The molecule has 18 heavy (non-hydrogen) atoms. The van der Waals surface area contributed by atoms with Crippen molar-refractivity contribution < 1.29 is 4.39 Å². The fraction of sp³-hybridized carbons (Fsp3) is 0.143. The van der Waals surface area contributed by atoms with Gasteiger partial charge in [-0.1, -0.05) is 12.1 Å². The Labute approximate surface area is 105 Å². The van der Waals surface area contributed by atoms with E-state index in [-0.39, 0.29) is 0 Å². The van der Waals surface area contributed by atoms with Crippen LogP contribution < -0.4 is 4.90 Å². The topological polar surface area (TPSA) is 39.9 Å². The third-order valence-electron chi connectivity index (χ3n) is 2.63. The summed E-state index contributed by atoms with van der Waals surface area (Å²) in [4.78, 5) is 5.42. The predicted molar refractivity (Wildman–Crippen MR) is 67.5 cm³/mol. The molecular formula is C14H12FN3. The van der Waals surface area contributed by atoms with E-state index in [0.717, 1.165) is 11.3 Å². The van der Waals surface area contributed by atoms with Gasteiger partial charge in [0.25, 0.3) is 0 Å². The van der Waals surface area contributed by atoms with Crippen LogP contribution in [0.15, 0.2) is 42.6 Å². The average Bonchev–Trinajstić information content (AvgIpc) is 2.39. The van der Waals surface area contributed by atoms with Gasteiger partial charge in [0.1, 0.15) is 0 Å². The molecule has 90 valence electrons. The quantitative estimate of drug-likeness (QED) is 0.776. The van der Waals surface area contributed by atoms with Crippen molar-refractivity contribution in [3.8, 4) is 6.07 Å². The van der Waals surface area contributed by atoms with Crippen LogP contribution in [0.2, 0.25) is 0 Å². The lowest BCUT2D eigenvalue weighted by molar-refractivity contribution is 0.583. The van der Waals surface area contributed by atoms with Gasteiger partial charge in [0.2, 0.25) is 5.95 Å². The van der Waals surface area contributed by atoms with Crippen LogP contribution in [0.25, 0.3) is 0 Å². The summed E-state index contributed by atoms with van der Waals surface area (Å²) in [7, 11) is 1.87. The molecule has 1 aromatic carbocycles. The maximum Gasteiger partial charge on any atom is 0.214 e. The van der Waals surface area contributed by atoms with Gasteiger partial charge in [-0.05, 0) is 23.8 Å². The Morgan fingerprint density at radius 2 is 2.17 bits per heavy atom. The number of nitriles is 1. The van der Waals surface area contributed by atoms with Gasteiger partial charge >= 0.3 is 0 Å². The molecule has 1 aromatic heterocycles. The Morgan fingerprint density at radius 3 is 2.89 bits per heavy atom. The van der Waals surface area contributed by atoms with Gasteiger partial charge in [-0.3, -0.25) is 0 Å². The van der Waals surface area contributed by atoms with E-state index in [1.165, 1.54) is 12.3 Å². The number of anilines is 1. The van der Waals surface area contributed by atoms with Gasteiger partial charge in [0.05, 0.1) is 11.6 Å². The summed E-state index contributed by atoms with van der Waals surface area (Å²) in [6, 6.07) is 12.6. The average molecular weight is 241 g/mol. The van der Waals surface area contributed by atoms with Crippen LogP contribution in [0.5, 0.6) is 0 Å². The van der Waals surface area contributed by atoms with E-state index in [9.17, 15) is 4.39 Å². The number of halogens is 1. The molecule has 1 heterocycles. The molecule has 2 aromatic rings.